The van der Waals surface area contributed by atoms with Gasteiger partial charge in [-0.2, -0.15) is 0 Å². The highest BCUT2D eigenvalue weighted by atomic mass is 35.5. The molecule has 0 amide bonds. The van der Waals surface area contributed by atoms with E-state index in [4.69, 9.17) is 16.0 Å². The molecule has 0 bridgehead atoms. The third-order valence-corrected chi connectivity index (χ3v) is 3.40. The number of hydrogen-bond acceptors (Lipinski definition) is 3. The molecule has 0 N–H and O–H groups in total. The highest BCUT2D eigenvalue weighted by molar-refractivity contribution is 6.31. The van der Waals surface area contributed by atoms with Crippen LogP contribution < -0.4 is 0 Å². The van der Waals surface area contributed by atoms with Crippen molar-refractivity contribution in [2.45, 2.75) is 19.5 Å². The number of nitrogens with zero attached hydrogens (tertiary/aromatic N) is 1. The molecule has 0 radical (unpaired) electrons. The van der Waals surface area contributed by atoms with E-state index in [1.165, 1.54) is 0 Å². The fourth-order valence-corrected chi connectivity index (χ4v) is 2.08. The maximum atomic E-state index is 12.3. The summed E-state index contributed by atoms with van der Waals surface area (Å²) in [5.74, 6) is 0.0634. The van der Waals surface area contributed by atoms with E-state index < -0.39 is 0 Å². The zero-order valence-electron chi connectivity index (χ0n) is 11.0. The van der Waals surface area contributed by atoms with Crippen LogP contribution in [0.4, 0.5) is 0 Å². The summed E-state index contributed by atoms with van der Waals surface area (Å²) in [6.45, 7) is 2.56. The minimum atomic E-state index is -0.214. The number of likely N-dealkylation sites (N-methyl/N-ethyl adjacent to an activating group) is 1. The van der Waals surface area contributed by atoms with Gasteiger partial charge in [-0.25, -0.2) is 0 Å². The van der Waals surface area contributed by atoms with Gasteiger partial charge in [-0.1, -0.05) is 23.7 Å². The summed E-state index contributed by atoms with van der Waals surface area (Å²) in [4.78, 5) is 14.3. The van der Waals surface area contributed by atoms with Crippen LogP contribution in [-0.2, 0) is 6.54 Å². The van der Waals surface area contributed by atoms with Gasteiger partial charge >= 0.3 is 0 Å². The molecule has 0 aliphatic heterocycles. The Hall–Kier alpha value is -1.58. The summed E-state index contributed by atoms with van der Waals surface area (Å²) in [5, 5.41) is 0.579. The topological polar surface area (TPSA) is 33.5 Å². The van der Waals surface area contributed by atoms with Gasteiger partial charge in [-0.3, -0.25) is 9.69 Å². The lowest BCUT2D eigenvalue weighted by Gasteiger charge is -2.23. The van der Waals surface area contributed by atoms with E-state index in [-0.39, 0.29) is 11.8 Å². The number of furan rings is 1. The van der Waals surface area contributed by atoms with Crippen molar-refractivity contribution >= 4 is 17.4 Å². The largest absolute Gasteiger partial charge is 0.472 e. The molecule has 19 heavy (non-hydrogen) atoms. The van der Waals surface area contributed by atoms with Crippen LogP contribution >= 0.6 is 11.6 Å². The summed E-state index contributed by atoms with van der Waals surface area (Å²) in [7, 11) is 1.92. The van der Waals surface area contributed by atoms with Crippen molar-refractivity contribution in [3.8, 4) is 0 Å². The van der Waals surface area contributed by atoms with E-state index in [9.17, 15) is 4.79 Å². The highest BCUT2D eigenvalue weighted by Crippen LogP contribution is 2.15. The minimum Gasteiger partial charge on any atom is -0.472 e. The second-order valence-corrected chi connectivity index (χ2v) is 5.03. The maximum absolute atomic E-state index is 12.3. The van der Waals surface area contributed by atoms with Crippen LogP contribution in [0.25, 0.3) is 0 Å². The smallest absolute Gasteiger partial charge is 0.179 e. The first-order valence-corrected chi connectivity index (χ1v) is 6.47. The molecular weight excluding hydrogens is 262 g/mol. The Morgan fingerprint density at radius 3 is 2.84 bits per heavy atom. The molecule has 1 aromatic carbocycles. The van der Waals surface area contributed by atoms with E-state index in [0.29, 0.717) is 17.1 Å². The van der Waals surface area contributed by atoms with Gasteiger partial charge in [-0.05, 0) is 32.2 Å². The molecule has 0 spiro atoms. The quantitative estimate of drug-likeness (QED) is 0.783. The highest BCUT2D eigenvalue weighted by Gasteiger charge is 2.20. The van der Waals surface area contributed by atoms with Crippen molar-refractivity contribution < 1.29 is 9.21 Å². The average Bonchev–Trinajstić information content (AvgIpc) is 2.89. The number of Topliss-reactive ketones (excluding diaryl/α,β-unsaturated/α-hetero) is 1. The monoisotopic (exact) mass is 277 g/mol. The summed E-state index contributed by atoms with van der Waals surface area (Å²) in [6, 6.07) is 8.72. The molecule has 0 saturated heterocycles. The van der Waals surface area contributed by atoms with Gasteiger partial charge in [0.2, 0.25) is 0 Å². The van der Waals surface area contributed by atoms with Crippen LogP contribution in [0.5, 0.6) is 0 Å². The molecule has 0 saturated carbocycles. The van der Waals surface area contributed by atoms with Crippen LogP contribution in [0.3, 0.4) is 0 Å². The predicted octanol–water partition coefficient (Wildman–Crippen LogP) is 3.64. The molecular formula is C15H16ClNO2. The molecule has 1 heterocycles. The first kappa shape index (κ1) is 13.8. The maximum Gasteiger partial charge on any atom is 0.179 e. The Balaban J connectivity index is 2.06. The Bertz CT molecular complexity index is 551. The third kappa shape index (κ3) is 3.46. The third-order valence-electron chi connectivity index (χ3n) is 3.16. The van der Waals surface area contributed by atoms with Gasteiger partial charge in [-0.15, -0.1) is 0 Å². The first-order chi connectivity index (χ1) is 9.08. The number of halogens is 1. The molecule has 0 fully saturated rings. The molecule has 2 aromatic rings. The lowest BCUT2D eigenvalue weighted by atomic mass is 10.0. The second kappa shape index (κ2) is 6.04. The van der Waals surface area contributed by atoms with E-state index in [1.54, 1.807) is 36.8 Å². The van der Waals surface area contributed by atoms with Gasteiger partial charge < -0.3 is 4.42 Å². The molecule has 0 aliphatic rings. The predicted molar refractivity (Wildman–Crippen MR) is 75.4 cm³/mol. The van der Waals surface area contributed by atoms with Gasteiger partial charge in [0.15, 0.2) is 5.78 Å². The molecule has 100 valence electrons. The molecule has 3 nitrogen and oxygen atoms in total. The Morgan fingerprint density at radius 2 is 2.21 bits per heavy atom. The standard InChI is InChI=1S/C15H16ClNO2/c1-11(17(2)9-12-6-7-19-10-12)15(18)13-4-3-5-14(16)8-13/h3-8,10-11H,9H2,1-2H3. The second-order valence-electron chi connectivity index (χ2n) is 4.60. The molecule has 2 rings (SSSR count). The zero-order chi connectivity index (χ0) is 13.8. The van der Waals surface area contributed by atoms with Crippen molar-refractivity contribution in [2.75, 3.05) is 7.05 Å². The minimum absolute atomic E-state index is 0.0634. The Labute approximate surface area is 117 Å². The van der Waals surface area contributed by atoms with Gasteiger partial charge in [0, 0.05) is 22.7 Å². The number of benzene rings is 1. The fraction of sp³-hybridized carbons (Fsp3) is 0.267. The van der Waals surface area contributed by atoms with Crippen molar-refractivity contribution in [1.82, 2.24) is 4.90 Å². The van der Waals surface area contributed by atoms with Crippen LogP contribution in [0, 0.1) is 0 Å². The number of hydrogen-bond donors (Lipinski definition) is 0. The lowest BCUT2D eigenvalue weighted by molar-refractivity contribution is 0.0862. The van der Waals surface area contributed by atoms with Crippen LogP contribution in [0.15, 0.2) is 47.3 Å². The van der Waals surface area contributed by atoms with Crippen molar-refractivity contribution in [3.05, 3.63) is 59.0 Å². The van der Waals surface area contributed by atoms with Crippen LogP contribution in [0.1, 0.15) is 22.8 Å². The van der Waals surface area contributed by atoms with Crippen LogP contribution in [0.2, 0.25) is 5.02 Å². The number of carbonyl (C=O) groups excluding carboxylic acids is 1. The first-order valence-electron chi connectivity index (χ1n) is 6.09. The summed E-state index contributed by atoms with van der Waals surface area (Å²) < 4.78 is 5.03. The van der Waals surface area contributed by atoms with E-state index in [2.05, 4.69) is 0 Å². The van der Waals surface area contributed by atoms with Crippen molar-refractivity contribution in [2.24, 2.45) is 0 Å². The van der Waals surface area contributed by atoms with E-state index in [0.717, 1.165) is 5.56 Å². The Morgan fingerprint density at radius 1 is 1.42 bits per heavy atom. The molecule has 4 heteroatoms. The normalized spacial score (nSPS) is 12.6. The molecule has 0 aliphatic carbocycles. The fourth-order valence-electron chi connectivity index (χ4n) is 1.89. The SMILES string of the molecule is CC(C(=O)c1cccc(Cl)c1)N(C)Cc1ccoc1. The number of rotatable bonds is 5. The number of carbonyl (C=O) groups is 1. The van der Waals surface area contributed by atoms with Gasteiger partial charge in [0.1, 0.15) is 0 Å². The summed E-state index contributed by atoms with van der Waals surface area (Å²) >= 11 is 5.91. The average molecular weight is 278 g/mol. The van der Waals surface area contributed by atoms with Gasteiger partial charge in [0.25, 0.3) is 0 Å². The molecule has 1 unspecified atom stereocenters. The van der Waals surface area contributed by atoms with Gasteiger partial charge in [0.05, 0.1) is 18.6 Å². The zero-order valence-corrected chi connectivity index (χ0v) is 11.7. The van der Waals surface area contributed by atoms with E-state index in [1.807, 2.05) is 24.9 Å². The molecule has 1 aromatic heterocycles. The van der Waals surface area contributed by atoms with Crippen LogP contribution in [-0.4, -0.2) is 23.8 Å². The van der Waals surface area contributed by atoms with E-state index >= 15 is 0 Å². The Kier molecular flexibility index (Phi) is 4.40. The summed E-state index contributed by atoms with van der Waals surface area (Å²) in [5.41, 5.74) is 1.69. The number of ketones is 1. The van der Waals surface area contributed by atoms with Crippen molar-refractivity contribution in [3.63, 3.8) is 0 Å². The summed E-state index contributed by atoms with van der Waals surface area (Å²) in [6.07, 6.45) is 3.32. The van der Waals surface area contributed by atoms with Crippen molar-refractivity contribution in [1.29, 1.82) is 0 Å². The lowest BCUT2D eigenvalue weighted by Crippen LogP contribution is -2.35. The molecule has 1 atom stereocenters.